The second kappa shape index (κ2) is 3.95. The van der Waals surface area contributed by atoms with Gasteiger partial charge in [0.2, 0.25) is 5.82 Å². The van der Waals surface area contributed by atoms with Crippen molar-refractivity contribution in [2.75, 3.05) is 5.73 Å². The molecule has 3 N–H and O–H groups in total. The van der Waals surface area contributed by atoms with E-state index in [2.05, 4.69) is 25.3 Å². The highest BCUT2D eigenvalue weighted by Crippen LogP contribution is 2.24. The molecule has 0 saturated heterocycles. The van der Waals surface area contributed by atoms with Gasteiger partial charge in [-0.15, -0.1) is 0 Å². The van der Waals surface area contributed by atoms with E-state index in [4.69, 9.17) is 10.3 Å². The number of nitrogens with one attached hydrogen (secondary N) is 1. The Bertz CT molecular complexity index is 673. The van der Waals surface area contributed by atoms with Crippen LogP contribution in [0.4, 0.5) is 5.69 Å². The smallest absolute Gasteiger partial charge is 0.258 e. The largest absolute Gasteiger partial charge is 0.399 e. The van der Waals surface area contributed by atoms with Crippen molar-refractivity contribution >= 4 is 5.69 Å². The van der Waals surface area contributed by atoms with Gasteiger partial charge in [0.15, 0.2) is 5.82 Å². The summed E-state index contributed by atoms with van der Waals surface area (Å²) in [6.07, 6.45) is 1.39. The van der Waals surface area contributed by atoms with Gasteiger partial charge in [-0.05, 0) is 30.7 Å². The van der Waals surface area contributed by atoms with Gasteiger partial charge in [-0.2, -0.15) is 10.1 Å². The molecule has 0 fully saturated rings. The minimum atomic E-state index is 0.374. The fourth-order valence-corrected chi connectivity index (χ4v) is 1.67. The molecule has 7 nitrogen and oxygen atoms in total. The number of nitrogen functional groups attached to an aromatic ring is 1. The van der Waals surface area contributed by atoms with Crippen LogP contribution in [0.15, 0.2) is 29.0 Å². The van der Waals surface area contributed by atoms with Crippen LogP contribution in [0.5, 0.6) is 0 Å². The maximum absolute atomic E-state index is 5.70. The Morgan fingerprint density at radius 1 is 1.33 bits per heavy atom. The van der Waals surface area contributed by atoms with Gasteiger partial charge in [0.05, 0.1) is 0 Å². The predicted octanol–water partition coefficient (Wildman–Crippen LogP) is 1.41. The number of hydrogen-bond donors (Lipinski definition) is 2. The normalized spacial score (nSPS) is 10.7. The quantitative estimate of drug-likeness (QED) is 0.658. The molecule has 0 radical (unpaired) electrons. The molecular weight excluding hydrogens is 232 g/mol. The standard InChI is InChI=1S/C11H10N6O/c1-6-4-7(12)2-3-8(6)11-15-10(17-18-11)9-13-5-14-16-9/h2-5H,12H2,1H3,(H,13,14,16). The molecule has 0 aliphatic rings. The van der Waals surface area contributed by atoms with E-state index in [-0.39, 0.29) is 0 Å². The fourth-order valence-electron chi connectivity index (χ4n) is 1.67. The summed E-state index contributed by atoms with van der Waals surface area (Å²) in [6.45, 7) is 1.93. The Morgan fingerprint density at radius 2 is 2.22 bits per heavy atom. The lowest BCUT2D eigenvalue weighted by molar-refractivity contribution is 0.431. The van der Waals surface area contributed by atoms with Gasteiger partial charge in [0.25, 0.3) is 5.89 Å². The lowest BCUT2D eigenvalue weighted by atomic mass is 10.1. The minimum Gasteiger partial charge on any atom is -0.399 e. The molecule has 0 aliphatic carbocycles. The Kier molecular flexibility index (Phi) is 2.30. The van der Waals surface area contributed by atoms with Crippen LogP contribution >= 0.6 is 0 Å². The van der Waals surface area contributed by atoms with E-state index >= 15 is 0 Å². The van der Waals surface area contributed by atoms with E-state index in [9.17, 15) is 0 Å². The van der Waals surface area contributed by atoms with E-state index in [1.54, 1.807) is 6.07 Å². The van der Waals surface area contributed by atoms with Crippen molar-refractivity contribution in [3.63, 3.8) is 0 Å². The third kappa shape index (κ3) is 1.71. The first-order valence-corrected chi connectivity index (χ1v) is 5.30. The zero-order valence-electron chi connectivity index (χ0n) is 9.58. The minimum absolute atomic E-state index is 0.374. The van der Waals surface area contributed by atoms with E-state index in [1.165, 1.54) is 6.33 Å². The van der Waals surface area contributed by atoms with Gasteiger partial charge in [0.1, 0.15) is 6.33 Å². The van der Waals surface area contributed by atoms with Crippen molar-refractivity contribution in [1.82, 2.24) is 25.3 Å². The lowest BCUT2D eigenvalue weighted by Gasteiger charge is -2.00. The van der Waals surface area contributed by atoms with Crippen molar-refractivity contribution in [1.29, 1.82) is 0 Å². The van der Waals surface area contributed by atoms with Gasteiger partial charge >= 0.3 is 0 Å². The van der Waals surface area contributed by atoms with Crippen LogP contribution in [-0.2, 0) is 0 Å². The molecule has 0 bridgehead atoms. The van der Waals surface area contributed by atoms with Gasteiger partial charge in [-0.1, -0.05) is 5.16 Å². The zero-order valence-corrected chi connectivity index (χ0v) is 9.58. The van der Waals surface area contributed by atoms with Crippen LogP contribution in [0.2, 0.25) is 0 Å². The van der Waals surface area contributed by atoms with E-state index < -0.39 is 0 Å². The molecule has 0 spiro atoms. The number of aromatic nitrogens is 5. The summed E-state index contributed by atoms with van der Waals surface area (Å²) in [5, 5.41) is 10.3. The Morgan fingerprint density at radius 3 is 2.94 bits per heavy atom. The number of aryl methyl sites for hydroxylation is 1. The first-order valence-electron chi connectivity index (χ1n) is 5.30. The fraction of sp³-hybridized carbons (Fsp3) is 0.0909. The summed E-state index contributed by atoms with van der Waals surface area (Å²) in [7, 11) is 0. The highest BCUT2D eigenvalue weighted by molar-refractivity contribution is 5.63. The van der Waals surface area contributed by atoms with Crippen molar-refractivity contribution in [2.24, 2.45) is 0 Å². The molecule has 0 amide bonds. The van der Waals surface area contributed by atoms with Gasteiger partial charge in [-0.25, -0.2) is 4.98 Å². The van der Waals surface area contributed by atoms with E-state index in [1.807, 2.05) is 19.1 Å². The summed E-state index contributed by atoms with van der Waals surface area (Å²) in [6, 6.07) is 5.50. The van der Waals surface area contributed by atoms with E-state index in [0.29, 0.717) is 23.2 Å². The number of nitrogens with zero attached hydrogens (tertiary/aromatic N) is 4. The summed E-state index contributed by atoms with van der Waals surface area (Å²) >= 11 is 0. The number of aromatic amines is 1. The topological polar surface area (TPSA) is 107 Å². The van der Waals surface area contributed by atoms with Crippen LogP contribution in [0.25, 0.3) is 23.1 Å². The Balaban J connectivity index is 2.03. The molecule has 7 heteroatoms. The monoisotopic (exact) mass is 242 g/mol. The molecule has 3 aromatic rings. The Hall–Kier alpha value is -2.70. The zero-order chi connectivity index (χ0) is 12.5. The third-order valence-electron chi connectivity index (χ3n) is 2.53. The summed E-state index contributed by atoms with van der Waals surface area (Å²) in [5.74, 6) is 1.27. The van der Waals surface area contributed by atoms with Gasteiger partial charge in [0, 0.05) is 11.3 Å². The van der Waals surface area contributed by atoms with Crippen molar-refractivity contribution in [3.05, 3.63) is 30.1 Å². The summed E-state index contributed by atoms with van der Waals surface area (Å²) in [4.78, 5) is 8.22. The lowest BCUT2D eigenvalue weighted by Crippen LogP contribution is -1.89. The second-order valence-electron chi connectivity index (χ2n) is 3.83. The molecule has 2 aromatic heterocycles. The van der Waals surface area contributed by atoms with Crippen LogP contribution in [0.3, 0.4) is 0 Å². The Labute approximate surface area is 102 Å². The van der Waals surface area contributed by atoms with Crippen molar-refractivity contribution in [3.8, 4) is 23.1 Å². The number of nitrogens with two attached hydrogens (primary N) is 1. The molecule has 3 rings (SSSR count). The molecule has 90 valence electrons. The van der Waals surface area contributed by atoms with Crippen LogP contribution in [0.1, 0.15) is 5.56 Å². The molecule has 1 aromatic carbocycles. The number of rotatable bonds is 2. The molecule has 18 heavy (non-hydrogen) atoms. The highest BCUT2D eigenvalue weighted by atomic mass is 16.5. The number of anilines is 1. The van der Waals surface area contributed by atoms with Crippen LogP contribution in [-0.4, -0.2) is 25.3 Å². The highest BCUT2D eigenvalue weighted by Gasteiger charge is 2.14. The van der Waals surface area contributed by atoms with Gasteiger partial charge < -0.3 is 10.3 Å². The molecule has 0 aliphatic heterocycles. The number of benzene rings is 1. The summed E-state index contributed by atoms with van der Waals surface area (Å²) < 4.78 is 5.21. The van der Waals surface area contributed by atoms with E-state index in [0.717, 1.165) is 11.1 Å². The molecule has 0 unspecified atom stereocenters. The van der Waals surface area contributed by atoms with Gasteiger partial charge in [-0.3, -0.25) is 5.10 Å². The van der Waals surface area contributed by atoms with Crippen LogP contribution in [0, 0.1) is 6.92 Å². The second-order valence-corrected chi connectivity index (χ2v) is 3.83. The maximum atomic E-state index is 5.70. The number of H-pyrrole nitrogens is 1. The van der Waals surface area contributed by atoms with Crippen molar-refractivity contribution in [2.45, 2.75) is 6.92 Å². The molecule has 2 heterocycles. The molecule has 0 atom stereocenters. The maximum Gasteiger partial charge on any atom is 0.258 e. The van der Waals surface area contributed by atoms with Crippen LogP contribution < -0.4 is 5.73 Å². The first kappa shape index (κ1) is 10.5. The average Bonchev–Trinajstić information content (AvgIpc) is 2.99. The first-order chi connectivity index (χ1) is 8.74. The average molecular weight is 242 g/mol. The molecular formula is C11H10N6O. The number of hydrogen-bond acceptors (Lipinski definition) is 6. The predicted molar refractivity (Wildman–Crippen MR) is 64.3 cm³/mol. The SMILES string of the molecule is Cc1cc(N)ccc1-c1nc(-c2ncn[nH]2)no1. The molecule has 0 saturated carbocycles. The summed E-state index contributed by atoms with van der Waals surface area (Å²) in [5.41, 5.74) is 8.22. The van der Waals surface area contributed by atoms with Crippen molar-refractivity contribution < 1.29 is 4.52 Å². The third-order valence-corrected chi connectivity index (χ3v) is 2.53.